The van der Waals surface area contributed by atoms with Crippen molar-refractivity contribution in [2.24, 2.45) is 0 Å². The predicted octanol–water partition coefficient (Wildman–Crippen LogP) is 5.79. The Bertz CT molecular complexity index is 1890. The van der Waals surface area contributed by atoms with Crippen LogP contribution in [0.4, 0.5) is 0 Å². The quantitative estimate of drug-likeness (QED) is 0.221. The molecule has 0 aliphatic rings. The number of rotatable bonds is 9. The highest BCUT2D eigenvalue weighted by Crippen LogP contribution is 2.27. The van der Waals surface area contributed by atoms with Gasteiger partial charge in [0, 0.05) is 22.9 Å². The zero-order valence-electron chi connectivity index (χ0n) is 23.0. The van der Waals surface area contributed by atoms with Crippen LogP contribution in [-0.4, -0.2) is 37.1 Å². The van der Waals surface area contributed by atoms with Crippen LogP contribution in [0.25, 0.3) is 39.4 Å². The molecule has 0 spiro atoms. The molecule has 0 saturated heterocycles. The molecule has 0 amide bonds. The van der Waals surface area contributed by atoms with Crippen LogP contribution in [0.1, 0.15) is 32.8 Å². The first-order chi connectivity index (χ1) is 20.0. The molecular weight excluding hydrogens is 534 g/mol. The standard InChI is InChI=1S/C32H29N5O3S/c1-4-18-39-26-14-12-23(13-15-26)30-33-32-37(35-30)31(38)28(41-32)19-24-20-36(25-8-6-5-7-9-25)34-29(24)22-10-16-27(17-11-22)40-21(2)3/h5-17,19-21H,4,18H2,1-3H3/b28-19-. The molecule has 6 aromatic rings. The van der Waals surface area contributed by atoms with Gasteiger partial charge in [0.25, 0.3) is 5.56 Å². The van der Waals surface area contributed by atoms with E-state index in [-0.39, 0.29) is 11.7 Å². The predicted molar refractivity (Wildman–Crippen MR) is 162 cm³/mol. The molecule has 8 nitrogen and oxygen atoms in total. The molecule has 0 aliphatic heterocycles. The van der Waals surface area contributed by atoms with E-state index < -0.39 is 0 Å². The van der Waals surface area contributed by atoms with Crippen molar-refractivity contribution in [3.8, 4) is 39.8 Å². The molecule has 0 unspecified atom stereocenters. The molecule has 3 aromatic heterocycles. The van der Waals surface area contributed by atoms with E-state index in [1.54, 1.807) is 0 Å². The molecule has 41 heavy (non-hydrogen) atoms. The highest BCUT2D eigenvalue weighted by Gasteiger charge is 2.15. The van der Waals surface area contributed by atoms with Crippen LogP contribution in [0.3, 0.4) is 0 Å². The number of benzene rings is 3. The Hall–Kier alpha value is -4.76. The molecule has 206 valence electrons. The second kappa shape index (κ2) is 11.4. The third-order valence-corrected chi connectivity index (χ3v) is 7.28. The van der Waals surface area contributed by atoms with E-state index >= 15 is 0 Å². The van der Waals surface area contributed by atoms with Crippen LogP contribution < -0.4 is 19.6 Å². The summed E-state index contributed by atoms with van der Waals surface area (Å²) in [5.74, 6) is 2.10. The Morgan fingerprint density at radius 3 is 2.29 bits per heavy atom. The summed E-state index contributed by atoms with van der Waals surface area (Å²) in [7, 11) is 0. The van der Waals surface area contributed by atoms with Crippen LogP contribution in [0.15, 0.2) is 89.9 Å². The SMILES string of the molecule is CCCOc1ccc(-c2nc3s/c(=C\c4cn(-c5ccccc5)nc4-c4ccc(OC(C)C)cc4)c(=O)n3n2)cc1. The molecule has 9 heteroatoms. The molecule has 3 heterocycles. The first kappa shape index (κ1) is 26.5. The highest BCUT2D eigenvalue weighted by molar-refractivity contribution is 7.15. The van der Waals surface area contributed by atoms with Gasteiger partial charge in [-0.05, 0) is 87.0 Å². The van der Waals surface area contributed by atoms with Crippen LogP contribution in [0, 0.1) is 0 Å². The van der Waals surface area contributed by atoms with Gasteiger partial charge < -0.3 is 9.47 Å². The number of hydrogen-bond acceptors (Lipinski definition) is 7. The van der Waals surface area contributed by atoms with E-state index in [2.05, 4.69) is 17.0 Å². The maximum Gasteiger partial charge on any atom is 0.291 e. The summed E-state index contributed by atoms with van der Waals surface area (Å²) in [5, 5.41) is 9.40. The minimum atomic E-state index is -0.217. The van der Waals surface area contributed by atoms with Crippen LogP contribution in [0.2, 0.25) is 0 Å². The van der Waals surface area contributed by atoms with Gasteiger partial charge in [-0.1, -0.05) is 36.5 Å². The maximum atomic E-state index is 13.4. The summed E-state index contributed by atoms with van der Waals surface area (Å²) in [6.07, 6.45) is 4.83. The van der Waals surface area contributed by atoms with E-state index in [0.717, 1.165) is 46.0 Å². The summed E-state index contributed by atoms with van der Waals surface area (Å²) in [6, 6.07) is 25.3. The molecule has 0 radical (unpaired) electrons. The number of nitrogens with zero attached hydrogens (tertiary/aromatic N) is 5. The molecule has 0 saturated carbocycles. The summed E-state index contributed by atoms with van der Waals surface area (Å²) in [4.78, 5) is 18.6. The van der Waals surface area contributed by atoms with Crippen molar-refractivity contribution in [2.45, 2.75) is 33.3 Å². The van der Waals surface area contributed by atoms with Gasteiger partial charge in [0.1, 0.15) is 17.2 Å². The number of thiazole rings is 1. The van der Waals surface area contributed by atoms with Gasteiger partial charge in [-0.3, -0.25) is 4.79 Å². The average molecular weight is 564 g/mol. The second-order valence-electron chi connectivity index (χ2n) is 9.82. The fourth-order valence-electron chi connectivity index (χ4n) is 4.41. The monoisotopic (exact) mass is 563 g/mol. The summed E-state index contributed by atoms with van der Waals surface area (Å²) < 4.78 is 15.2. The fourth-order valence-corrected chi connectivity index (χ4v) is 5.31. The van der Waals surface area contributed by atoms with E-state index in [1.807, 2.05) is 110 Å². The molecule has 0 bridgehead atoms. The van der Waals surface area contributed by atoms with E-state index in [4.69, 9.17) is 14.6 Å². The van der Waals surface area contributed by atoms with Crippen LogP contribution in [0.5, 0.6) is 11.5 Å². The van der Waals surface area contributed by atoms with Crippen molar-refractivity contribution in [2.75, 3.05) is 6.61 Å². The van der Waals surface area contributed by atoms with Crippen molar-refractivity contribution in [1.82, 2.24) is 24.4 Å². The third-order valence-electron chi connectivity index (χ3n) is 6.32. The lowest BCUT2D eigenvalue weighted by molar-refractivity contribution is 0.242. The lowest BCUT2D eigenvalue weighted by atomic mass is 10.1. The third kappa shape index (κ3) is 5.62. The fraction of sp³-hybridized carbons (Fsp3) is 0.188. The van der Waals surface area contributed by atoms with Crippen molar-refractivity contribution in [3.63, 3.8) is 0 Å². The molecule has 0 atom stereocenters. The Labute approximate surface area is 241 Å². The van der Waals surface area contributed by atoms with Gasteiger partial charge in [0.05, 0.1) is 22.9 Å². The number of hydrogen-bond donors (Lipinski definition) is 0. The summed E-state index contributed by atoms with van der Waals surface area (Å²) in [5.41, 5.74) is 4.03. The van der Waals surface area contributed by atoms with Crippen LogP contribution >= 0.6 is 11.3 Å². The molecular formula is C32H29N5O3S. The van der Waals surface area contributed by atoms with Crippen molar-refractivity contribution < 1.29 is 9.47 Å². The van der Waals surface area contributed by atoms with E-state index in [0.29, 0.717) is 21.9 Å². The minimum absolute atomic E-state index is 0.0866. The first-order valence-electron chi connectivity index (χ1n) is 13.5. The largest absolute Gasteiger partial charge is 0.494 e. The molecule has 0 aliphatic carbocycles. The summed E-state index contributed by atoms with van der Waals surface area (Å²) in [6.45, 7) is 6.73. The van der Waals surface area contributed by atoms with Crippen molar-refractivity contribution >= 4 is 22.4 Å². The van der Waals surface area contributed by atoms with Gasteiger partial charge in [-0.2, -0.15) is 14.6 Å². The first-order valence-corrected chi connectivity index (χ1v) is 14.4. The van der Waals surface area contributed by atoms with Crippen molar-refractivity contribution in [1.29, 1.82) is 0 Å². The second-order valence-corrected chi connectivity index (χ2v) is 10.8. The zero-order chi connectivity index (χ0) is 28.3. The van der Waals surface area contributed by atoms with Gasteiger partial charge in [-0.15, -0.1) is 5.10 Å². The Morgan fingerprint density at radius 1 is 0.902 bits per heavy atom. The lowest BCUT2D eigenvalue weighted by Crippen LogP contribution is -2.23. The zero-order valence-corrected chi connectivity index (χ0v) is 23.8. The van der Waals surface area contributed by atoms with Gasteiger partial charge in [0.15, 0.2) is 5.82 Å². The molecule has 3 aromatic carbocycles. The lowest BCUT2D eigenvalue weighted by Gasteiger charge is -2.09. The Morgan fingerprint density at radius 2 is 1.61 bits per heavy atom. The van der Waals surface area contributed by atoms with Gasteiger partial charge in [0.2, 0.25) is 4.96 Å². The number of fused-ring (bicyclic) bond motifs is 1. The minimum Gasteiger partial charge on any atom is -0.494 e. The van der Waals surface area contributed by atoms with Crippen LogP contribution in [-0.2, 0) is 0 Å². The Balaban J connectivity index is 1.38. The van der Waals surface area contributed by atoms with Crippen molar-refractivity contribution in [3.05, 3.63) is 106 Å². The topological polar surface area (TPSA) is 83.5 Å². The summed E-state index contributed by atoms with van der Waals surface area (Å²) >= 11 is 1.31. The smallest absolute Gasteiger partial charge is 0.291 e. The number of ether oxygens (including phenoxy) is 2. The number of para-hydroxylation sites is 1. The average Bonchev–Trinajstić information content (AvgIpc) is 3.68. The van der Waals surface area contributed by atoms with E-state index in [1.165, 1.54) is 15.9 Å². The molecule has 6 rings (SSSR count). The highest BCUT2D eigenvalue weighted by atomic mass is 32.1. The molecule has 0 N–H and O–H groups in total. The Kier molecular flexibility index (Phi) is 7.35. The number of aromatic nitrogens is 5. The normalized spacial score (nSPS) is 12.0. The van der Waals surface area contributed by atoms with Gasteiger partial charge >= 0.3 is 0 Å². The molecule has 0 fully saturated rings. The van der Waals surface area contributed by atoms with Gasteiger partial charge in [-0.25, -0.2) is 4.68 Å². The van der Waals surface area contributed by atoms with E-state index in [9.17, 15) is 4.79 Å². The maximum absolute atomic E-state index is 13.4.